The van der Waals surface area contributed by atoms with Crippen LogP contribution in [0.15, 0.2) is 41.4 Å². The van der Waals surface area contributed by atoms with Crippen LogP contribution in [0.5, 0.6) is 0 Å². The zero-order chi connectivity index (χ0) is 22.5. The number of benzene rings is 1. The second-order valence-electron chi connectivity index (χ2n) is 8.96. The highest BCUT2D eigenvalue weighted by Gasteiger charge is 2.42. The number of anilines is 1. The standard InChI is InChI=1S/C22H26N6O3S/c1-13-9-10-23-22-25-20(26-28(13)22)21(29)24-17-5-7-18(8-6-17)32(30,31)27-14(2)19-12-15-3-4-16(19)11-15/h5-10,14-16,19,27H,3-4,11-12H2,1-2H3,(H,24,29)/t14-,15-,16-,19-/m0/s1. The van der Waals surface area contributed by atoms with Gasteiger partial charge in [0.05, 0.1) is 4.90 Å². The molecule has 0 spiro atoms. The van der Waals surface area contributed by atoms with Gasteiger partial charge in [0.2, 0.25) is 15.8 Å². The molecule has 0 unspecified atom stereocenters. The van der Waals surface area contributed by atoms with Crippen molar-refractivity contribution in [1.29, 1.82) is 0 Å². The van der Waals surface area contributed by atoms with Crippen LogP contribution >= 0.6 is 0 Å². The van der Waals surface area contributed by atoms with Crippen molar-refractivity contribution in [2.24, 2.45) is 17.8 Å². The van der Waals surface area contributed by atoms with E-state index in [4.69, 9.17) is 0 Å². The highest BCUT2D eigenvalue weighted by Crippen LogP contribution is 2.49. The predicted octanol–water partition coefficient (Wildman–Crippen LogP) is 2.79. The summed E-state index contributed by atoms with van der Waals surface area (Å²) in [5, 5.41) is 6.88. The lowest BCUT2D eigenvalue weighted by Gasteiger charge is -2.28. The Labute approximate surface area is 186 Å². The number of sulfonamides is 1. The molecule has 0 radical (unpaired) electrons. The summed E-state index contributed by atoms with van der Waals surface area (Å²) in [5.74, 6) is 1.66. The number of amides is 1. The number of hydrogen-bond donors (Lipinski definition) is 2. The third-order valence-electron chi connectivity index (χ3n) is 6.83. The van der Waals surface area contributed by atoms with E-state index < -0.39 is 15.9 Å². The van der Waals surface area contributed by atoms with Crippen LogP contribution in [0.4, 0.5) is 5.69 Å². The summed E-state index contributed by atoms with van der Waals surface area (Å²) in [6, 6.07) is 7.80. The van der Waals surface area contributed by atoms with Gasteiger partial charge in [-0.1, -0.05) is 6.42 Å². The zero-order valence-corrected chi connectivity index (χ0v) is 18.8. The SMILES string of the molecule is Cc1ccnc2nc(C(=O)Nc3ccc(S(=O)(=O)N[C@@H](C)[C@@H]4C[C@H]5CC[C@H]4C5)cc3)nn12. The molecule has 2 heterocycles. The van der Waals surface area contributed by atoms with E-state index in [9.17, 15) is 13.2 Å². The fourth-order valence-corrected chi connectivity index (χ4v) is 6.51. The summed E-state index contributed by atoms with van der Waals surface area (Å²) in [4.78, 5) is 20.9. The average molecular weight is 455 g/mol. The summed E-state index contributed by atoms with van der Waals surface area (Å²) in [6.07, 6.45) is 6.46. The molecule has 10 heteroatoms. The Morgan fingerprint density at radius 2 is 1.94 bits per heavy atom. The molecular weight excluding hydrogens is 428 g/mol. The monoisotopic (exact) mass is 454 g/mol. The molecule has 1 amide bonds. The lowest BCUT2D eigenvalue weighted by molar-refractivity contribution is 0.101. The molecule has 2 aliphatic carbocycles. The molecule has 3 aromatic rings. The first-order chi connectivity index (χ1) is 15.3. The molecular formula is C22H26N6O3S. The van der Waals surface area contributed by atoms with E-state index in [-0.39, 0.29) is 16.8 Å². The smallest absolute Gasteiger partial charge is 0.295 e. The van der Waals surface area contributed by atoms with Crippen LogP contribution in [-0.4, -0.2) is 39.9 Å². The number of aromatic nitrogens is 4. The lowest BCUT2D eigenvalue weighted by Crippen LogP contribution is -2.40. The molecule has 9 nitrogen and oxygen atoms in total. The van der Waals surface area contributed by atoms with Crippen molar-refractivity contribution in [2.45, 2.75) is 50.5 Å². The number of carbonyl (C=O) groups is 1. The Kier molecular flexibility index (Phi) is 5.21. The van der Waals surface area contributed by atoms with Crippen LogP contribution in [0.2, 0.25) is 0 Å². The van der Waals surface area contributed by atoms with Crippen molar-refractivity contribution in [3.8, 4) is 0 Å². The highest BCUT2D eigenvalue weighted by molar-refractivity contribution is 7.89. The summed E-state index contributed by atoms with van der Waals surface area (Å²) in [5.41, 5.74) is 1.27. The Morgan fingerprint density at radius 1 is 1.16 bits per heavy atom. The minimum absolute atomic E-state index is 0.00940. The van der Waals surface area contributed by atoms with E-state index in [1.807, 2.05) is 13.8 Å². The summed E-state index contributed by atoms with van der Waals surface area (Å²) >= 11 is 0. The first-order valence-corrected chi connectivity index (χ1v) is 12.4. The van der Waals surface area contributed by atoms with Gasteiger partial charge in [0.1, 0.15) is 0 Å². The Hall–Kier alpha value is -2.85. The number of fused-ring (bicyclic) bond motifs is 3. The average Bonchev–Trinajstić information content (AvgIpc) is 3.50. The van der Waals surface area contributed by atoms with Gasteiger partial charge in [-0.25, -0.2) is 22.6 Å². The van der Waals surface area contributed by atoms with Gasteiger partial charge < -0.3 is 5.32 Å². The molecule has 32 heavy (non-hydrogen) atoms. The van der Waals surface area contributed by atoms with Gasteiger partial charge in [-0.2, -0.15) is 4.98 Å². The minimum atomic E-state index is -3.63. The fraction of sp³-hybridized carbons (Fsp3) is 0.455. The van der Waals surface area contributed by atoms with Crippen LogP contribution in [0.3, 0.4) is 0 Å². The molecule has 2 bridgehead atoms. The summed E-state index contributed by atoms with van der Waals surface area (Å²) < 4.78 is 30.1. The van der Waals surface area contributed by atoms with Crippen LogP contribution < -0.4 is 10.0 Å². The number of rotatable bonds is 6. The van der Waals surface area contributed by atoms with Crippen molar-refractivity contribution >= 4 is 27.4 Å². The third-order valence-corrected chi connectivity index (χ3v) is 8.41. The maximum atomic E-state index is 12.9. The number of nitrogens with one attached hydrogen (secondary N) is 2. The number of aryl methyl sites for hydroxylation is 1. The lowest BCUT2D eigenvalue weighted by atomic mass is 9.84. The normalized spacial score (nSPS) is 23.5. The molecule has 5 rings (SSSR count). The quantitative estimate of drug-likeness (QED) is 0.591. The second-order valence-corrected chi connectivity index (χ2v) is 10.7. The van der Waals surface area contributed by atoms with Crippen LogP contribution in [0.25, 0.3) is 5.78 Å². The van der Waals surface area contributed by atoms with Crippen molar-refractivity contribution in [3.05, 3.63) is 48.0 Å². The molecule has 2 saturated carbocycles. The van der Waals surface area contributed by atoms with Crippen LogP contribution in [0.1, 0.15) is 48.9 Å². The molecule has 0 aliphatic heterocycles. The summed E-state index contributed by atoms with van der Waals surface area (Å²) in [7, 11) is -3.63. The predicted molar refractivity (Wildman–Crippen MR) is 119 cm³/mol. The van der Waals surface area contributed by atoms with E-state index in [0.717, 1.165) is 18.0 Å². The van der Waals surface area contributed by atoms with Crippen molar-refractivity contribution in [2.75, 3.05) is 5.32 Å². The highest BCUT2D eigenvalue weighted by atomic mass is 32.2. The van der Waals surface area contributed by atoms with Gasteiger partial charge in [-0.3, -0.25) is 4.79 Å². The maximum absolute atomic E-state index is 12.9. The van der Waals surface area contributed by atoms with Crippen molar-refractivity contribution in [1.82, 2.24) is 24.3 Å². The van der Waals surface area contributed by atoms with Gasteiger partial charge >= 0.3 is 0 Å². The molecule has 168 valence electrons. The molecule has 2 fully saturated rings. The number of hydrogen-bond acceptors (Lipinski definition) is 6. The van der Waals surface area contributed by atoms with Crippen molar-refractivity contribution in [3.63, 3.8) is 0 Å². The Balaban J connectivity index is 1.25. The number of carbonyl (C=O) groups excluding carboxylic acids is 1. The molecule has 2 aliphatic rings. The van der Waals surface area contributed by atoms with E-state index in [1.165, 1.54) is 35.9 Å². The molecule has 4 atom stereocenters. The van der Waals surface area contributed by atoms with E-state index in [0.29, 0.717) is 23.3 Å². The second kappa shape index (κ2) is 7.93. The van der Waals surface area contributed by atoms with Gasteiger partial charge in [0, 0.05) is 23.6 Å². The molecule has 0 saturated heterocycles. The summed E-state index contributed by atoms with van der Waals surface area (Å²) in [6.45, 7) is 3.81. The van der Waals surface area contributed by atoms with Crippen LogP contribution in [-0.2, 0) is 10.0 Å². The van der Waals surface area contributed by atoms with Gasteiger partial charge in [-0.05, 0) is 81.2 Å². The Bertz CT molecular complexity index is 1270. The van der Waals surface area contributed by atoms with Gasteiger partial charge in [0.15, 0.2) is 0 Å². The maximum Gasteiger partial charge on any atom is 0.295 e. The molecule has 1 aromatic carbocycles. The van der Waals surface area contributed by atoms with Gasteiger partial charge in [-0.15, -0.1) is 5.10 Å². The largest absolute Gasteiger partial charge is 0.319 e. The van der Waals surface area contributed by atoms with E-state index >= 15 is 0 Å². The minimum Gasteiger partial charge on any atom is -0.319 e. The molecule has 2 N–H and O–H groups in total. The first-order valence-electron chi connectivity index (χ1n) is 10.9. The van der Waals surface area contributed by atoms with Crippen molar-refractivity contribution < 1.29 is 13.2 Å². The van der Waals surface area contributed by atoms with Gasteiger partial charge in [0.25, 0.3) is 11.7 Å². The Morgan fingerprint density at radius 3 is 2.59 bits per heavy atom. The first kappa shape index (κ1) is 21.0. The number of nitrogens with zero attached hydrogens (tertiary/aromatic N) is 4. The third kappa shape index (κ3) is 3.88. The molecule has 2 aromatic heterocycles. The van der Waals surface area contributed by atoms with Crippen LogP contribution in [0, 0.1) is 24.7 Å². The topological polar surface area (TPSA) is 118 Å². The van der Waals surface area contributed by atoms with E-state index in [2.05, 4.69) is 25.1 Å². The fourth-order valence-electron chi connectivity index (χ4n) is 5.21. The zero-order valence-electron chi connectivity index (χ0n) is 18.0. The van der Waals surface area contributed by atoms with E-state index in [1.54, 1.807) is 24.4 Å².